The number of amides is 4. The molecule has 6 rings (SSSR count). The van der Waals surface area contributed by atoms with Gasteiger partial charge in [0, 0.05) is 17.1 Å². The number of likely N-dealkylation sites (tertiary alicyclic amines) is 1. The van der Waals surface area contributed by atoms with Crippen LogP contribution in [0.2, 0.25) is 5.02 Å². The molecule has 7 heteroatoms. The van der Waals surface area contributed by atoms with Gasteiger partial charge in [0.2, 0.25) is 11.8 Å². The Morgan fingerprint density at radius 3 is 2.09 bits per heavy atom. The van der Waals surface area contributed by atoms with Crippen molar-refractivity contribution in [3.8, 4) is 0 Å². The molecular formula is C25H24ClN3O3. The number of benzene rings is 2. The maximum absolute atomic E-state index is 13.4. The maximum atomic E-state index is 13.4. The van der Waals surface area contributed by atoms with Gasteiger partial charge in [-0.1, -0.05) is 54.1 Å². The van der Waals surface area contributed by atoms with Crippen LogP contribution >= 0.6 is 11.6 Å². The van der Waals surface area contributed by atoms with Crippen molar-refractivity contribution in [1.82, 2.24) is 10.2 Å². The Morgan fingerprint density at radius 1 is 0.938 bits per heavy atom. The molecule has 0 radical (unpaired) electrons. The fourth-order valence-corrected chi connectivity index (χ4v) is 5.43. The van der Waals surface area contributed by atoms with E-state index in [-0.39, 0.29) is 35.5 Å². The van der Waals surface area contributed by atoms with Crippen molar-refractivity contribution in [2.45, 2.75) is 25.4 Å². The van der Waals surface area contributed by atoms with Crippen molar-refractivity contribution in [3.63, 3.8) is 0 Å². The average molecular weight is 450 g/mol. The summed E-state index contributed by atoms with van der Waals surface area (Å²) in [6.45, 7) is 0. The Labute approximate surface area is 191 Å². The van der Waals surface area contributed by atoms with Gasteiger partial charge in [0.25, 0.3) is 0 Å². The summed E-state index contributed by atoms with van der Waals surface area (Å²) in [4.78, 5) is 41.0. The molecule has 2 fully saturated rings. The fourth-order valence-electron chi connectivity index (χ4n) is 5.30. The lowest BCUT2D eigenvalue weighted by Gasteiger charge is -2.38. The van der Waals surface area contributed by atoms with Crippen molar-refractivity contribution >= 4 is 35.1 Å². The summed E-state index contributed by atoms with van der Waals surface area (Å²) in [6.07, 6.45) is 5.63. The first kappa shape index (κ1) is 20.8. The molecule has 32 heavy (non-hydrogen) atoms. The molecule has 1 saturated carbocycles. The Hall–Kier alpha value is -3.12. The molecule has 0 unspecified atom stereocenters. The molecule has 1 saturated heterocycles. The van der Waals surface area contributed by atoms with Gasteiger partial charge in [-0.05, 0) is 54.5 Å². The summed E-state index contributed by atoms with van der Waals surface area (Å²) < 4.78 is 0. The van der Waals surface area contributed by atoms with E-state index in [1.165, 1.54) is 4.90 Å². The van der Waals surface area contributed by atoms with Gasteiger partial charge < -0.3 is 10.6 Å². The molecular weight excluding hydrogens is 426 g/mol. The largest absolute Gasteiger partial charge is 0.320 e. The number of rotatable bonds is 5. The van der Waals surface area contributed by atoms with E-state index in [0.717, 1.165) is 18.4 Å². The predicted molar refractivity (Wildman–Crippen MR) is 122 cm³/mol. The Kier molecular flexibility index (Phi) is 5.47. The summed E-state index contributed by atoms with van der Waals surface area (Å²) in [5.41, 5.74) is 1.50. The lowest BCUT2D eigenvalue weighted by molar-refractivity contribution is -0.143. The van der Waals surface area contributed by atoms with Gasteiger partial charge in [0.05, 0.1) is 11.8 Å². The van der Waals surface area contributed by atoms with Crippen LogP contribution in [-0.2, 0) is 16.0 Å². The first-order chi connectivity index (χ1) is 15.5. The van der Waals surface area contributed by atoms with Gasteiger partial charge in [-0.3, -0.25) is 14.5 Å². The second kappa shape index (κ2) is 8.43. The number of anilines is 1. The highest BCUT2D eigenvalue weighted by Crippen LogP contribution is 2.50. The van der Waals surface area contributed by atoms with Crippen LogP contribution in [0.15, 0.2) is 66.7 Å². The van der Waals surface area contributed by atoms with E-state index in [9.17, 15) is 14.4 Å². The van der Waals surface area contributed by atoms with Crippen LogP contribution in [-0.4, -0.2) is 28.9 Å². The first-order valence-electron chi connectivity index (χ1n) is 10.9. The number of urea groups is 1. The lowest BCUT2D eigenvalue weighted by Crippen LogP contribution is -2.53. The average Bonchev–Trinajstić information content (AvgIpc) is 3.09. The number of carbonyl (C=O) groups is 3. The summed E-state index contributed by atoms with van der Waals surface area (Å²) in [5.74, 6) is -0.770. The molecule has 5 atom stereocenters. The summed E-state index contributed by atoms with van der Waals surface area (Å²) in [6, 6.07) is 15.8. The van der Waals surface area contributed by atoms with E-state index in [1.54, 1.807) is 24.3 Å². The van der Waals surface area contributed by atoms with Crippen LogP contribution in [0.1, 0.15) is 18.4 Å². The highest BCUT2D eigenvalue weighted by Gasteiger charge is 2.58. The van der Waals surface area contributed by atoms with Crippen molar-refractivity contribution in [3.05, 3.63) is 77.3 Å². The molecule has 4 amide bonds. The molecule has 4 aliphatic rings. The van der Waals surface area contributed by atoms with Crippen molar-refractivity contribution in [2.75, 3.05) is 5.32 Å². The Bertz CT molecular complexity index is 1040. The molecule has 0 spiro atoms. The molecule has 2 bridgehead atoms. The predicted octanol–water partition coefficient (Wildman–Crippen LogP) is 4.23. The molecule has 2 N–H and O–H groups in total. The topological polar surface area (TPSA) is 78.5 Å². The molecule has 2 aromatic rings. The fraction of sp³-hybridized carbons (Fsp3) is 0.320. The molecule has 3 aliphatic carbocycles. The Balaban J connectivity index is 1.40. The third kappa shape index (κ3) is 3.79. The third-order valence-corrected chi connectivity index (χ3v) is 7.03. The zero-order chi connectivity index (χ0) is 22.2. The number of halogens is 1. The normalized spacial score (nSPS) is 26.7. The quantitative estimate of drug-likeness (QED) is 0.529. The van der Waals surface area contributed by atoms with Crippen molar-refractivity contribution in [2.24, 2.45) is 23.7 Å². The monoisotopic (exact) mass is 449 g/mol. The highest BCUT2D eigenvalue weighted by atomic mass is 35.5. The number of nitrogens with one attached hydrogen (secondary N) is 2. The minimum Gasteiger partial charge on any atom is -0.317 e. The lowest BCUT2D eigenvalue weighted by atomic mass is 9.63. The molecule has 1 heterocycles. The SMILES string of the molecule is O=C(Nc1ccc(Cl)cc1)N[C@H](Cc1ccccc1)N1C(=O)[C@@H]2[C@@H](C1=O)[C@H]1C=C[C@H]2CC1. The van der Waals surface area contributed by atoms with E-state index in [1.807, 2.05) is 30.3 Å². The smallest absolute Gasteiger partial charge is 0.317 e. The third-order valence-electron chi connectivity index (χ3n) is 6.78. The number of fused-ring (bicyclic) bond motifs is 1. The first-order valence-corrected chi connectivity index (χ1v) is 11.3. The van der Waals surface area contributed by atoms with Crippen LogP contribution in [0.4, 0.5) is 10.5 Å². The van der Waals surface area contributed by atoms with Crippen LogP contribution in [0.25, 0.3) is 0 Å². The second-order valence-corrected chi connectivity index (χ2v) is 9.14. The van der Waals surface area contributed by atoms with Crippen LogP contribution in [0.3, 0.4) is 0 Å². The Morgan fingerprint density at radius 2 is 1.53 bits per heavy atom. The highest BCUT2D eigenvalue weighted by molar-refractivity contribution is 6.30. The maximum Gasteiger partial charge on any atom is 0.320 e. The van der Waals surface area contributed by atoms with E-state index < -0.39 is 12.2 Å². The van der Waals surface area contributed by atoms with Gasteiger partial charge in [-0.15, -0.1) is 0 Å². The van der Waals surface area contributed by atoms with Gasteiger partial charge in [-0.2, -0.15) is 0 Å². The number of carbonyl (C=O) groups excluding carboxylic acids is 3. The molecule has 164 valence electrons. The number of imide groups is 1. The van der Waals surface area contributed by atoms with Crippen LogP contribution in [0, 0.1) is 23.7 Å². The minimum atomic E-state index is -0.769. The van der Waals surface area contributed by atoms with E-state index in [2.05, 4.69) is 22.8 Å². The molecule has 1 aliphatic heterocycles. The summed E-state index contributed by atoms with van der Waals surface area (Å²) in [7, 11) is 0. The van der Waals surface area contributed by atoms with Gasteiger partial charge >= 0.3 is 6.03 Å². The zero-order valence-electron chi connectivity index (χ0n) is 17.4. The minimum absolute atomic E-state index is 0.103. The van der Waals surface area contributed by atoms with Crippen molar-refractivity contribution < 1.29 is 14.4 Å². The van der Waals surface area contributed by atoms with Gasteiger partial charge in [0.1, 0.15) is 6.17 Å². The molecule has 0 aromatic heterocycles. The zero-order valence-corrected chi connectivity index (χ0v) is 18.2. The molecule has 6 nitrogen and oxygen atoms in total. The van der Waals surface area contributed by atoms with Crippen LogP contribution in [0.5, 0.6) is 0 Å². The summed E-state index contributed by atoms with van der Waals surface area (Å²) in [5, 5.41) is 6.20. The van der Waals surface area contributed by atoms with E-state index >= 15 is 0 Å². The standard InChI is InChI=1S/C25H24ClN3O3/c26-18-10-12-19(13-11-18)27-25(32)28-20(14-15-4-2-1-3-5-15)29-23(30)21-16-6-7-17(9-8-16)22(21)24(29)31/h1-7,10-13,16-17,20-22H,8-9,14H2,(H2,27,28,32)/t16-,17-,20-,21-,22-/m0/s1. The van der Waals surface area contributed by atoms with Gasteiger partial charge in [-0.25, -0.2) is 4.79 Å². The van der Waals surface area contributed by atoms with E-state index in [4.69, 9.17) is 11.6 Å². The van der Waals surface area contributed by atoms with E-state index in [0.29, 0.717) is 17.1 Å². The molecule has 2 aromatic carbocycles. The van der Waals surface area contributed by atoms with Crippen LogP contribution < -0.4 is 10.6 Å². The second-order valence-electron chi connectivity index (χ2n) is 8.70. The van der Waals surface area contributed by atoms with Gasteiger partial charge in [0.15, 0.2) is 0 Å². The number of hydrogen-bond donors (Lipinski definition) is 2. The number of nitrogens with zero attached hydrogens (tertiary/aromatic N) is 1. The summed E-state index contributed by atoms with van der Waals surface area (Å²) >= 11 is 5.91. The number of allylic oxidation sites excluding steroid dienone is 2. The van der Waals surface area contributed by atoms with Crippen molar-refractivity contribution in [1.29, 1.82) is 0 Å². The number of hydrogen-bond acceptors (Lipinski definition) is 3.